The van der Waals surface area contributed by atoms with Crippen LogP contribution in [0.5, 0.6) is 0 Å². The van der Waals surface area contributed by atoms with Crippen molar-refractivity contribution in [2.45, 2.75) is 46.6 Å². The third-order valence-electron chi connectivity index (χ3n) is 3.27. The van der Waals surface area contributed by atoms with E-state index in [4.69, 9.17) is 0 Å². The molecule has 20 heavy (non-hydrogen) atoms. The molecule has 1 atom stereocenters. The summed E-state index contributed by atoms with van der Waals surface area (Å²) in [5.74, 6) is 0. The first-order valence-electron chi connectivity index (χ1n) is 7.34. The van der Waals surface area contributed by atoms with Crippen LogP contribution >= 0.6 is 15.9 Å². The van der Waals surface area contributed by atoms with Gasteiger partial charge in [0.25, 0.3) is 0 Å². The normalized spacial score (nSPS) is 15.2. The van der Waals surface area contributed by atoms with Crippen molar-refractivity contribution in [2.24, 2.45) is 4.99 Å². The summed E-state index contributed by atoms with van der Waals surface area (Å²) >= 11 is 3.52. The van der Waals surface area contributed by atoms with E-state index in [1.807, 2.05) is 6.08 Å². The second-order valence-electron chi connectivity index (χ2n) is 5.17. The van der Waals surface area contributed by atoms with Gasteiger partial charge < -0.3 is 0 Å². The van der Waals surface area contributed by atoms with Gasteiger partial charge in [-0.15, -0.1) is 0 Å². The second kappa shape index (κ2) is 11.0. The molecule has 0 radical (unpaired) electrons. The molecule has 0 aromatic rings. The summed E-state index contributed by atoms with van der Waals surface area (Å²) in [4.78, 5) is 6.47. The number of aliphatic imine (C=N–C) groups is 1. The summed E-state index contributed by atoms with van der Waals surface area (Å²) in [6.07, 6.45) is 8.21. The first kappa shape index (κ1) is 19.3. The van der Waals surface area contributed by atoms with Crippen molar-refractivity contribution < 1.29 is 0 Å². The van der Waals surface area contributed by atoms with Crippen molar-refractivity contribution in [1.82, 2.24) is 4.90 Å². The summed E-state index contributed by atoms with van der Waals surface area (Å²) in [7, 11) is 1.76. The Labute approximate surface area is 133 Å². The van der Waals surface area contributed by atoms with Crippen molar-refractivity contribution in [3.8, 4) is 0 Å². The minimum atomic E-state index is 0.623. The summed E-state index contributed by atoms with van der Waals surface area (Å²) in [5.41, 5.74) is 2.32. The number of hydrogen-bond acceptors (Lipinski definition) is 2. The molecule has 0 aromatic heterocycles. The van der Waals surface area contributed by atoms with Gasteiger partial charge in [0.05, 0.1) is 0 Å². The average Bonchev–Trinajstić information content (AvgIpc) is 2.43. The van der Waals surface area contributed by atoms with Gasteiger partial charge in [-0.2, -0.15) is 0 Å². The fourth-order valence-electron chi connectivity index (χ4n) is 1.98. The first-order chi connectivity index (χ1) is 9.46. The van der Waals surface area contributed by atoms with E-state index in [1.165, 1.54) is 18.4 Å². The molecule has 0 aromatic carbocycles. The van der Waals surface area contributed by atoms with Gasteiger partial charge in [0.1, 0.15) is 0 Å². The van der Waals surface area contributed by atoms with Crippen LogP contribution in [0.4, 0.5) is 0 Å². The fourth-order valence-corrected chi connectivity index (χ4v) is 2.21. The minimum absolute atomic E-state index is 0.623. The number of nitrogens with zero attached hydrogens (tertiary/aromatic N) is 2. The maximum Gasteiger partial charge on any atom is 0.0277 e. The molecule has 0 aliphatic heterocycles. The third kappa shape index (κ3) is 7.81. The van der Waals surface area contributed by atoms with Gasteiger partial charge in [-0.3, -0.25) is 9.89 Å². The van der Waals surface area contributed by atoms with Gasteiger partial charge in [-0.05, 0) is 44.9 Å². The molecule has 0 amide bonds. The summed E-state index contributed by atoms with van der Waals surface area (Å²) in [6.45, 7) is 15.2. The summed E-state index contributed by atoms with van der Waals surface area (Å²) in [6, 6.07) is 0.623. The van der Waals surface area contributed by atoms with E-state index in [9.17, 15) is 0 Å². The van der Waals surface area contributed by atoms with Crippen molar-refractivity contribution in [2.75, 3.05) is 20.1 Å². The quantitative estimate of drug-likeness (QED) is 0.427. The highest BCUT2D eigenvalue weighted by Gasteiger charge is 2.11. The monoisotopic (exact) mass is 340 g/mol. The van der Waals surface area contributed by atoms with Crippen LogP contribution in [0.3, 0.4) is 0 Å². The van der Waals surface area contributed by atoms with Crippen molar-refractivity contribution in [3.63, 3.8) is 0 Å². The third-order valence-corrected chi connectivity index (χ3v) is 4.05. The van der Waals surface area contributed by atoms with Crippen molar-refractivity contribution >= 4 is 22.1 Å². The largest absolute Gasteiger partial charge is 0.297 e. The fraction of sp³-hybridized carbons (Fsp3) is 0.588. The molecule has 0 spiro atoms. The minimum Gasteiger partial charge on any atom is -0.297 e. The lowest BCUT2D eigenvalue weighted by Crippen LogP contribution is -2.34. The van der Waals surface area contributed by atoms with Crippen LogP contribution < -0.4 is 0 Å². The highest BCUT2D eigenvalue weighted by atomic mass is 79.9. The van der Waals surface area contributed by atoms with Crippen LogP contribution in [0.1, 0.15) is 40.5 Å². The number of allylic oxidation sites excluding steroid dienone is 4. The van der Waals surface area contributed by atoms with E-state index in [0.29, 0.717) is 6.04 Å². The van der Waals surface area contributed by atoms with Crippen LogP contribution in [0.15, 0.2) is 39.4 Å². The Kier molecular flexibility index (Phi) is 10.7. The molecule has 0 heterocycles. The topological polar surface area (TPSA) is 15.6 Å². The SMILES string of the molecule is C=C(/C=C(\C)CN(CCC)[C@H](C)CC)/C(Br)=C\C=NC. The van der Waals surface area contributed by atoms with E-state index in [2.05, 4.69) is 66.2 Å². The Morgan fingerprint density at radius 1 is 1.40 bits per heavy atom. The highest BCUT2D eigenvalue weighted by molar-refractivity contribution is 9.12. The summed E-state index contributed by atoms with van der Waals surface area (Å²) in [5, 5.41) is 0. The molecule has 2 nitrogen and oxygen atoms in total. The van der Waals surface area contributed by atoms with E-state index < -0.39 is 0 Å². The Morgan fingerprint density at radius 2 is 2.05 bits per heavy atom. The van der Waals surface area contributed by atoms with E-state index in [1.54, 1.807) is 13.3 Å². The van der Waals surface area contributed by atoms with Gasteiger partial charge in [-0.25, -0.2) is 0 Å². The van der Waals surface area contributed by atoms with Gasteiger partial charge in [0, 0.05) is 30.3 Å². The molecule has 0 aliphatic carbocycles. The lowest BCUT2D eigenvalue weighted by Gasteiger charge is -2.28. The summed E-state index contributed by atoms with van der Waals surface area (Å²) < 4.78 is 0.980. The standard InChI is InChI=1S/C17H29BrN2/c1-7-11-20(16(5)8-2)13-14(3)12-15(4)17(18)9-10-19-6/h9-10,12,16H,4,7-8,11,13H2,1-3,5-6H3/b14-12+,17-9+,19-10?/t16-/m1/s1. The highest BCUT2D eigenvalue weighted by Crippen LogP contribution is 2.18. The van der Waals surface area contributed by atoms with Crippen LogP contribution in [0.25, 0.3) is 0 Å². The molecule has 0 unspecified atom stereocenters. The van der Waals surface area contributed by atoms with E-state index >= 15 is 0 Å². The zero-order chi connectivity index (χ0) is 15.5. The number of rotatable bonds is 9. The predicted molar refractivity (Wildman–Crippen MR) is 95.9 cm³/mol. The maximum atomic E-state index is 4.09. The Bertz CT molecular complexity index is 380. The smallest absolute Gasteiger partial charge is 0.0277 e. The van der Waals surface area contributed by atoms with Crippen LogP contribution in [0, 0.1) is 0 Å². The number of hydrogen-bond donors (Lipinski definition) is 0. The first-order valence-corrected chi connectivity index (χ1v) is 8.13. The molecule has 0 saturated carbocycles. The van der Waals surface area contributed by atoms with E-state index in [0.717, 1.165) is 23.1 Å². The second-order valence-corrected chi connectivity index (χ2v) is 6.02. The molecular formula is C17H29BrN2. The lowest BCUT2D eigenvalue weighted by molar-refractivity contribution is 0.221. The van der Waals surface area contributed by atoms with Crippen molar-refractivity contribution in [1.29, 1.82) is 0 Å². The Balaban J connectivity index is 4.74. The maximum absolute atomic E-state index is 4.09. The number of halogens is 1. The molecule has 0 fully saturated rings. The van der Waals surface area contributed by atoms with Crippen molar-refractivity contribution in [3.05, 3.63) is 34.4 Å². The average molecular weight is 341 g/mol. The molecule has 0 rings (SSSR count). The van der Waals surface area contributed by atoms with Gasteiger partial charge >= 0.3 is 0 Å². The van der Waals surface area contributed by atoms with Crippen LogP contribution in [-0.4, -0.2) is 37.3 Å². The lowest BCUT2D eigenvalue weighted by atomic mass is 10.1. The Hall–Kier alpha value is -0.670. The molecule has 114 valence electrons. The Morgan fingerprint density at radius 3 is 2.55 bits per heavy atom. The van der Waals surface area contributed by atoms with Crippen LogP contribution in [-0.2, 0) is 0 Å². The zero-order valence-electron chi connectivity index (χ0n) is 13.6. The molecule has 3 heteroatoms. The van der Waals surface area contributed by atoms with E-state index in [-0.39, 0.29) is 0 Å². The van der Waals surface area contributed by atoms with Gasteiger partial charge in [0.15, 0.2) is 0 Å². The predicted octanol–water partition coefficient (Wildman–Crippen LogP) is 4.98. The molecule has 0 saturated heterocycles. The van der Waals surface area contributed by atoms with Crippen LogP contribution in [0.2, 0.25) is 0 Å². The molecular weight excluding hydrogens is 312 g/mol. The van der Waals surface area contributed by atoms with Gasteiger partial charge in [0.2, 0.25) is 0 Å². The molecule has 0 bridgehead atoms. The zero-order valence-corrected chi connectivity index (χ0v) is 15.2. The molecule has 0 N–H and O–H groups in total. The van der Waals surface area contributed by atoms with Gasteiger partial charge in [-0.1, -0.05) is 48.0 Å². The molecule has 0 aliphatic rings.